The topological polar surface area (TPSA) is 122 Å². The van der Waals surface area contributed by atoms with Gasteiger partial charge in [0.05, 0.1) is 23.4 Å². The molecule has 3 aromatic carbocycles. The number of hydrogen-bond donors (Lipinski definition) is 4. The van der Waals surface area contributed by atoms with E-state index in [1.807, 2.05) is 66.7 Å². The third-order valence-corrected chi connectivity index (χ3v) is 7.32. The Balaban J connectivity index is 1.58. The maximum absolute atomic E-state index is 11.9. The van der Waals surface area contributed by atoms with Crippen LogP contribution in [-0.2, 0) is 16.0 Å². The van der Waals surface area contributed by atoms with E-state index in [2.05, 4.69) is 10.0 Å². The SMILES string of the molecule is COCC(=O)Nc1cccc(SNC(Cc2cccc(C(=N)N)c2)c2nc3ccc(OC)cc3s2)c1. The Morgan fingerprint density at radius 2 is 1.97 bits per heavy atom. The summed E-state index contributed by atoms with van der Waals surface area (Å²) in [5.41, 5.74) is 9.04. The first-order chi connectivity index (χ1) is 17.4. The van der Waals surface area contributed by atoms with Crippen molar-refractivity contribution in [3.63, 3.8) is 0 Å². The number of aromatic nitrogens is 1. The zero-order valence-corrected chi connectivity index (χ0v) is 21.5. The zero-order chi connectivity index (χ0) is 25.5. The average molecular weight is 522 g/mol. The first-order valence-corrected chi connectivity index (χ1v) is 12.8. The lowest BCUT2D eigenvalue weighted by molar-refractivity contribution is -0.119. The number of ether oxygens (including phenoxy) is 2. The molecule has 0 saturated heterocycles. The molecule has 0 aliphatic heterocycles. The van der Waals surface area contributed by atoms with Gasteiger partial charge in [-0.2, -0.15) is 0 Å². The molecule has 8 nitrogen and oxygen atoms in total. The quantitative estimate of drug-likeness (QED) is 0.128. The molecule has 0 fully saturated rings. The van der Waals surface area contributed by atoms with Crippen LogP contribution in [0.15, 0.2) is 71.6 Å². The van der Waals surface area contributed by atoms with Gasteiger partial charge in [-0.05, 0) is 66.4 Å². The molecular weight excluding hydrogens is 494 g/mol. The van der Waals surface area contributed by atoms with Crippen LogP contribution < -0.4 is 20.5 Å². The maximum Gasteiger partial charge on any atom is 0.250 e. The van der Waals surface area contributed by atoms with Gasteiger partial charge in [0.2, 0.25) is 5.91 Å². The molecule has 1 atom stereocenters. The van der Waals surface area contributed by atoms with Crippen molar-refractivity contribution in [2.24, 2.45) is 5.73 Å². The van der Waals surface area contributed by atoms with Crippen LogP contribution in [0.4, 0.5) is 5.69 Å². The van der Waals surface area contributed by atoms with Gasteiger partial charge in [-0.15, -0.1) is 11.3 Å². The summed E-state index contributed by atoms with van der Waals surface area (Å²) < 4.78 is 14.9. The molecule has 10 heteroatoms. The number of anilines is 1. The third kappa shape index (κ3) is 6.61. The van der Waals surface area contributed by atoms with Crippen molar-refractivity contribution in [1.29, 1.82) is 5.41 Å². The number of rotatable bonds is 11. The number of carbonyl (C=O) groups is 1. The fraction of sp³-hybridized carbons (Fsp3) is 0.192. The number of nitrogens with two attached hydrogens (primary N) is 1. The van der Waals surface area contributed by atoms with Gasteiger partial charge in [0.25, 0.3) is 0 Å². The number of nitrogen functional groups attached to an aromatic ring is 1. The van der Waals surface area contributed by atoms with Gasteiger partial charge in [-0.25, -0.2) is 9.71 Å². The van der Waals surface area contributed by atoms with Crippen LogP contribution in [0.3, 0.4) is 0 Å². The highest BCUT2D eigenvalue weighted by Crippen LogP contribution is 2.33. The molecular formula is C26H27N5O3S2. The lowest BCUT2D eigenvalue weighted by Gasteiger charge is -2.17. The highest BCUT2D eigenvalue weighted by atomic mass is 32.2. The van der Waals surface area contributed by atoms with Gasteiger partial charge < -0.3 is 20.5 Å². The van der Waals surface area contributed by atoms with E-state index < -0.39 is 0 Å². The summed E-state index contributed by atoms with van der Waals surface area (Å²) in [7, 11) is 3.14. The monoisotopic (exact) mass is 521 g/mol. The summed E-state index contributed by atoms with van der Waals surface area (Å²) in [6.07, 6.45) is 0.648. The van der Waals surface area contributed by atoms with Gasteiger partial charge >= 0.3 is 0 Å². The van der Waals surface area contributed by atoms with Crippen molar-refractivity contribution in [3.05, 3.63) is 82.9 Å². The first kappa shape index (κ1) is 25.6. The fourth-order valence-electron chi connectivity index (χ4n) is 3.58. The Labute approximate surface area is 217 Å². The maximum atomic E-state index is 11.9. The normalized spacial score (nSPS) is 11.8. The van der Waals surface area contributed by atoms with E-state index in [-0.39, 0.29) is 24.4 Å². The molecule has 0 saturated carbocycles. The fourth-order valence-corrected chi connectivity index (χ4v) is 5.51. The van der Waals surface area contributed by atoms with Crippen LogP contribution in [0.25, 0.3) is 10.2 Å². The lowest BCUT2D eigenvalue weighted by atomic mass is 10.0. The Morgan fingerprint density at radius 3 is 2.75 bits per heavy atom. The van der Waals surface area contributed by atoms with Crippen molar-refractivity contribution in [2.45, 2.75) is 17.4 Å². The predicted octanol–water partition coefficient (Wildman–Crippen LogP) is 4.75. The third-order valence-electron chi connectivity index (χ3n) is 5.30. The van der Waals surface area contributed by atoms with Gasteiger partial charge in [-0.1, -0.05) is 24.3 Å². The standard InChI is InChI=1S/C26H27N5O3S2/c1-33-15-24(32)29-18-7-4-8-20(13-18)36-31-22(12-16-5-3-6-17(11-16)25(27)28)26-30-21-10-9-19(34-2)14-23(21)35-26/h3-11,13-14,22,31H,12,15H2,1-2H3,(H3,27,28)(H,29,32). The summed E-state index contributed by atoms with van der Waals surface area (Å²) in [6.45, 7) is -0.000582. The number of hydrogen-bond acceptors (Lipinski definition) is 8. The number of benzene rings is 3. The Morgan fingerprint density at radius 1 is 1.14 bits per heavy atom. The second-order valence-corrected chi connectivity index (χ2v) is 9.96. The Hall–Kier alpha value is -3.44. The molecule has 1 unspecified atom stereocenters. The second-order valence-electron chi connectivity index (χ2n) is 7.99. The number of nitrogens with one attached hydrogen (secondary N) is 3. The molecule has 186 valence electrons. The minimum Gasteiger partial charge on any atom is -0.497 e. The summed E-state index contributed by atoms with van der Waals surface area (Å²) >= 11 is 3.08. The van der Waals surface area contributed by atoms with Crippen LogP contribution in [0.2, 0.25) is 0 Å². The molecule has 0 spiro atoms. The van der Waals surface area contributed by atoms with E-state index in [0.29, 0.717) is 17.7 Å². The van der Waals surface area contributed by atoms with Crippen LogP contribution >= 0.6 is 23.3 Å². The van der Waals surface area contributed by atoms with Crippen molar-refractivity contribution >= 4 is 50.9 Å². The van der Waals surface area contributed by atoms with E-state index in [9.17, 15) is 4.79 Å². The van der Waals surface area contributed by atoms with Crippen LogP contribution in [-0.4, -0.2) is 37.6 Å². The van der Waals surface area contributed by atoms with Gasteiger partial charge in [0.1, 0.15) is 23.2 Å². The van der Waals surface area contributed by atoms with Crippen molar-refractivity contribution in [2.75, 3.05) is 26.1 Å². The summed E-state index contributed by atoms with van der Waals surface area (Å²) in [5, 5.41) is 11.5. The number of amidine groups is 1. The number of thiazole rings is 1. The Kier molecular flexibility index (Phi) is 8.55. The second kappa shape index (κ2) is 12.0. The van der Waals surface area contributed by atoms with E-state index in [0.717, 1.165) is 31.4 Å². The molecule has 36 heavy (non-hydrogen) atoms. The van der Waals surface area contributed by atoms with Crippen LogP contribution in [0.1, 0.15) is 22.2 Å². The largest absolute Gasteiger partial charge is 0.497 e. The number of methoxy groups -OCH3 is 2. The van der Waals surface area contributed by atoms with Crippen molar-refractivity contribution in [1.82, 2.24) is 9.71 Å². The highest BCUT2D eigenvalue weighted by molar-refractivity contribution is 7.97. The molecule has 4 aromatic rings. The summed E-state index contributed by atoms with van der Waals surface area (Å²) in [5.74, 6) is 0.619. The van der Waals surface area contributed by atoms with Gasteiger partial charge in [-0.3, -0.25) is 10.2 Å². The summed E-state index contributed by atoms with van der Waals surface area (Å²) in [4.78, 5) is 17.7. The number of carbonyl (C=O) groups excluding carboxylic acids is 1. The Bertz CT molecular complexity index is 1370. The summed E-state index contributed by atoms with van der Waals surface area (Å²) in [6, 6.07) is 21.0. The van der Waals surface area contributed by atoms with Crippen molar-refractivity contribution < 1.29 is 14.3 Å². The molecule has 0 bridgehead atoms. The highest BCUT2D eigenvalue weighted by Gasteiger charge is 2.19. The lowest BCUT2D eigenvalue weighted by Crippen LogP contribution is -2.18. The van der Waals surface area contributed by atoms with Crippen LogP contribution in [0.5, 0.6) is 5.75 Å². The molecule has 1 aromatic heterocycles. The molecule has 4 rings (SSSR count). The molecule has 5 N–H and O–H groups in total. The first-order valence-electron chi connectivity index (χ1n) is 11.1. The van der Waals surface area contributed by atoms with E-state index in [1.54, 1.807) is 18.4 Å². The average Bonchev–Trinajstić information content (AvgIpc) is 3.30. The molecule has 0 radical (unpaired) electrons. The number of fused-ring (bicyclic) bond motifs is 1. The van der Waals surface area contributed by atoms with Gasteiger partial charge in [0.15, 0.2) is 0 Å². The smallest absolute Gasteiger partial charge is 0.250 e. The minimum atomic E-state index is -0.208. The van der Waals surface area contributed by atoms with Gasteiger partial charge in [0, 0.05) is 23.3 Å². The molecule has 0 aliphatic rings. The van der Waals surface area contributed by atoms with Crippen molar-refractivity contribution in [3.8, 4) is 5.75 Å². The van der Waals surface area contributed by atoms with E-state index in [1.165, 1.54) is 19.1 Å². The number of amides is 1. The van der Waals surface area contributed by atoms with E-state index >= 15 is 0 Å². The number of nitrogens with zero attached hydrogens (tertiary/aromatic N) is 1. The predicted molar refractivity (Wildman–Crippen MR) is 146 cm³/mol. The zero-order valence-electron chi connectivity index (χ0n) is 19.9. The van der Waals surface area contributed by atoms with E-state index in [4.69, 9.17) is 25.6 Å². The molecule has 0 aliphatic carbocycles. The molecule has 1 amide bonds. The molecule has 1 heterocycles. The minimum absolute atomic E-state index is 0.000582. The van der Waals surface area contributed by atoms with Crippen LogP contribution in [0, 0.1) is 5.41 Å².